The van der Waals surface area contributed by atoms with Gasteiger partial charge in [-0.1, -0.05) is 13.8 Å². The molecule has 2 rings (SSSR count). The first kappa shape index (κ1) is 10.8. The second kappa shape index (κ2) is 4.90. The van der Waals surface area contributed by atoms with Gasteiger partial charge in [0, 0.05) is 36.6 Å². The number of aromatic nitrogens is 2. The molecule has 1 heterocycles. The summed E-state index contributed by atoms with van der Waals surface area (Å²) >= 11 is 1.45. The van der Waals surface area contributed by atoms with E-state index in [9.17, 15) is 0 Å². The molecule has 1 fully saturated rings. The van der Waals surface area contributed by atoms with Gasteiger partial charge in [-0.15, -0.1) is 0 Å². The highest BCUT2D eigenvalue weighted by Gasteiger charge is 2.19. The predicted octanol–water partition coefficient (Wildman–Crippen LogP) is 1.83. The third-order valence-corrected chi connectivity index (χ3v) is 3.06. The van der Waals surface area contributed by atoms with Crippen LogP contribution in [-0.4, -0.2) is 28.5 Å². The smallest absolute Gasteiger partial charge is 0.202 e. The average Bonchev–Trinajstić information content (AvgIpc) is 2.90. The second-order valence-corrected chi connectivity index (χ2v) is 5.02. The lowest BCUT2D eigenvalue weighted by Gasteiger charge is -2.02. The van der Waals surface area contributed by atoms with Crippen LogP contribution in [0, 0.1) is 0 Å². The van der Waals surface area contributed by atoms with E-state index in [1.54, 1.807) is 0 Å². The fraction of sp³-hybridized carbons (Fsp3) is 0.800. The van der Waals surface area contributed by atoms with E-state index in [-0.39, 0.29) is 0 Å². The lowest BCUT2D eigenvalue weighted by atomic mass is 10.2. The van der Waals surface area contributed by atoms with Crippen molar-refractivity contribution in [1.82, 2.24) is 14.7 Å². The highest BCUT2D eigenvalue weighted by atomic mass is 32.1. The van der Waals surface area contributed by atoms with Crippen LogP contribution in [-0.2, 0) is 0 Å². The molecule has 84 valence electrons. The number of nitrogens with one attached hydrogen (secondary N) is 2. The number of hydrogen-bond acceptors (Lipinski definition) is 5. The average molecular weight is 226 g/mol. The summed E-state index contributed by atoms with van der Waals surface area (Å²) in [5.41, 5.74) is 0. The largest absolute Gasteiger partial charge is 0.359 e. The van der Waals surface area contributed by atoms with Crippen LogP contribution >= 0.6 is 11.5 Å². The van der Waals surface area contributed by atoms with Crippen LogP contribution in [0.25, 0.3) is 0 Å². The summed E-state index contributed by atoms with van der Waals surface area (Å²) in [5.74, 6) is 1.36. The first-order valence-corrected chi connectivity index (χ1v) is 6.34. The Morgan fingerprint density at radius 3 is 2.80 bits per heavy atom. The van der Waals surface area contributed by atoms with Crippen molar-refractivity contribution in [3.05, 3.63) is 5.82 Å². The molecule has 1 aromatic heterocycles. The first-order valence-electron chi connectivity index (χ1n) is 5.56. The van der Waals surface area contributed by atoms with Crippen LogP contribution in [0.15, 0.2) is 0 Å². The Bertz CT molecular complexity index is 306. The topological polar surface area (TPSA) is 49.8 Å². The summed E-state index contributed by atoms with van der Waals surface area (Å²) in [6.07, 6.45) is 2.69. The molecule has 0 saturated heterocycles. The minimum absolute atomic E-state index is 0.418. The fourth-order valence-electron chi connectivity index (χ4n) is 1.27. The summed E-state index contributed by atoms with van der Waals surface area (Å²) < 4.78 is 4.29. The van der Waals surface area contributed by atoms with E-state index in [1.165, 1.54) is 24.4 Å². The zero-order valence-corrected chi connectivity index (χ0v) is 10.1. The molecule has 15 heavy (non-hydrogen) atoms. The van der Waals surface area contributed by atoms with Gasteiger partial charge in [0.05, 0.1) is 0 Å². The van der Waals surface area contributed by atoms with E-state index in [0.29, 0.717) is 5.92 Å². The molecule has 1 aliphatic carbocycles. The molecule has 1 aliphatic rings. The van der Waals surface area contributed by atoms with Crippen molar-refractivity contribution in [3.63, 3.8) is 0 Å². The minimum Gasteiger partial charge on any atom is -0.359 e. The third-order valence-electron chi connectivity index (χ3n) is 2.37. The first-order chi connectivity index (χ1) is 7.25. The van der Waals surface area contributed by atoms with Gasteiger partial charge in [0.1, 0.15) is 5.82 Å². The van der Waals surface area contributed by atoms with Crippen molar-refractivity contribution in [2.24, 2.45) is 0 Å². The lowest BCUT2D eigenvalue weighted by molar-refractivity contribution is 0.701. The van der Waals surface area contributed by atoms with Crippen molar-refractivity contribution >= 4 is 16.7 Å². The van der Waals surface area contributed by atoms with Gasteiger partial charge < -0.3 is 10.6 Å². The monoisotopic (exact) mass is 226 g/mol. The Labute approximate surface area is 94.7 Å². The lowest BCUT2D eigenvalue weighted by Crippen LogP contribution is -2.23. The summed E-state index contributed by atoms with van der Waals surface area (Å²) in [7, 11) is 0. The summed E-state index contributed by atoms with van der Waals surface area (Å²) in [4.78, 5) is 4.41. The fourth-order valence-corrected chi connectivity index (χ4v) is 2.01. The van der Waals surface area contributed by atoms with Gasteiger partial charge in [-0.3, -0.25) is 0 Å². The van der Waals surface area contributed by atoms with E-state index in [1.807, 2.05) is 0 Å². The second-order valence-electron chi connectivity index (χ2n) is 4.27. The van der Waals surface area contributed by atoms with Crippen molar-refractivity contribution < 1.29 is 0 Å². The summed E-state index contributed by atoms with van der Waals surface area (Å²) in [5, 5.41) is 7.68. The van der Waals surface area contributed by atoms with E-state index < -0.39 is 0 Å². The quantitative estimate of drug-likeness (QED) is 0.727. The molecule has 2 N–H and O–H groups in total. The Kier molecular flexibility index (Phi) is 3.53. The van der Waals surface area contributed by atoms with Gasteiger partial charge in [0.2, 0.25) is 5.13 Å². The molecule has 0 aromatic carbocycles. The van der Waals surface area contributed by atoms with Crippen LogP contribution in [0.4, 0.5) is 5.13 Å². The highest BCUT2D eigenvalue weighted by molar-refractivity contribution is 7.09. The Balaban J connectivity index is 1.67. The van der Waals surface area contributed by atoms with Gasteiger partial charge in [-0.25, -0.2) is 4.98 Å². The van der Waals surface area contributed by atoms with E-state index >= 15 is 0 Å². The van der Waals surface area contributed by atoms with Crippen molar-refractivity contribution in [2.75, 3.05) is 18.4 Å². The number of rotatable bonds is 6. The van der Waals surface area contributed by atoms with Gasteiger partial charge in [-0.05, 0) is 12.8 Å². The Hall–Kier alpha value is -0.680. The van der Waals surface area contributed by atoms with Crippen molar-refractivity contribution in [3.8, 4) is 0 Å². The molecule has 0 bridgehead atoms. The van der Waals surface area contributed by atoms with E-state index in [4.69, 9.17) is 0 Å². The number of anilines is 1. The molecular formula is C10H18N4S. The molecule has 0 amide bonds. The van der Waals surface area contributed by atoms with Crippen LogP contribution in [0.3, 0.4) is 0 Å². The molecule has 0 atom stereocenters. The highest BCUT2D eigenvalue weighted by Crippen LogP contribution is 2.18. The van der Waals surface area contributed by atoms with Crippen LogP contribution in [0.5, 0.6) is 0 Å². The molecule has 0 radical (unpaired) electrons. The normalized spacial score (nSPS) is 15.9. The summed E-state index contributed by atoms with van der Waals surface area (Å²) in [6, 6.07) is 0.785. The minimum atomic E-state index is 0.418. The van der Waals surface area contributed by atoms with Gasteiger partial charge in [-0.2, -0.15) is 4.37 Å². The standard InChI is InChI=1S/C10H18N4S/c1-7(2)9-13-10(15-14-9)12-6-5-11-8-3-4-8/h7-8,11H,3-6H2,1-2H3,(H,12,13,14). The zero-order valence-electron chi connectivity index (χ0n) is 9.29. The van der Waals surface area contributed by atoms with Crippen LogP contribution < -0.4 is 10.6 Å². The van der Waals surface area contributed by atoms with Gasteiger partial charge in [0.15, 0.2) is 0 Å². The molecule has 5 heteroatoms. The maximum Gasteiger partial charge on any atom is 0.202 e. The molecule has 0 aliphatic heterocycles. The molecular weight excluding hydrogens is 208 g/mol. The predicted molar refractivity (Wildman–Crippen MR) is 63.5 cm³/mol. The van der Waals surface area contributed by atoms with Gasteiger partial charge in [0.25, 0.3) is 0 Å². The van der Waals surface area contributed by atoms with Crippen LogP contribution in [0.1, 0.15) is 38.4 Å². The van der Waals surface area contributed by atoms with Gasteiger partial charge >= 0.3 is 0 Å². The number of nitrogens with zero attached hydrogens (tertiary/aromatic N) is 2. The van der Waals surface area contributed by atoms with Crippen molar-refractivity contribution in [2.45, 2.75) is 38.6 Å². The Morgan fingerprint density at radius 1 is 1.40 bits per heavy atom. The SMILES string of the molecule is CC(C)c1nsc(NCCNC2CC2)n1. The maximum atomic E-state index is 4.41. The third kappa shape index (κ3) is 3.43. The Morgan fingerprint density at radius 2 is 2.20 bits per heavy atom. The molecule has 1 saturated carbocycles. The zero-order chi connectivity index (χ0) is 10.7. The number of hydrogen-bond donors (Lipinski definition) is 2. The summed E-state index contributed by atoms with van der Waals surface area (Å²) in [6.45, 7) is 6.17. The van der Waals surface area contributed by atoms with Crippen molar-refractivity contribution in [1.29, 1.82) is 0 Å². The van der Waals surface area contributed by atoms with Crippen LogP contribution in [0.2, 0.25) is 0 Å². The van der Waals surface area contributed by atoms with E-state index in [2.05, 4.69) is 33.8 Å². The molecule has 0 spiro atoms. The maximum absolute atomic E-state index is 4.41. The molecule has 4 nitrogen and oxygen atoms in total. The molecule has 0 unspecified atom stereocenters. The molecule has 1 aromatic rings. The van der Waals surface area contributed by atoms with E-state index in [0.717, 1.165) is 30.1 Å².